The molecule has 0 amide bonds. The van der Waals surface area contributed by atoms with Crippen molar-refractivity contribution in [2.24, 2.45) is 0 Å². The van der Waals surface area contributed by atoms with Crippen LogP contribution in [0.3, 0.4) is 0 Å². The summed E-state index contributed by atoms with van der Waals surface area (Å²) in [5, 5.41) is 3.28. The van der Waals surface area contributed by atoms with Gasteiger partial charge in [-0.1, -0.05) is 15.9 Å². The molecule has 3 nitrogen and oxygen atoms in total. The Balaban J connectivity index is 2.27. The van der Waals surface area contributed by atoms with Gasteiger partial charge in [0.1, 0.15) is 5.82 Å². The molecule has 2 aromatic rings. The number of hydrogen-bond acceptors (Lipinski definition) is 3. The van der Waals surface area contributed by atoms with E-state index in [-0.39, 0.29) is 0 Å². The number of pyridine rings is 1. The highest BCUT2D eigenvalue weighted by atomic mass is 79.9. The van der Waals surface area contributed by atoms with Crippen molar-refractivity contribution in [1.29, 1.82) is 0 Å². The minimum absolute atomic E-state index is 0.511. The number of hydrogen-bond donors (Lipinski definition) is 2. The van der Waals surface area contributed by atoms with Crippen molar-refractivity contribution in [3.8, 4) is 0 Å². The predicted octanol–water partition coefficient (Wildman–Crippen LogP) is 3.48. The molecule has 0 fully saturated rings. The number of anilines is 3. The van der Waals surface area contributed by atoms with E-state index in [1.54, 1.807) is 12.3 Å². The number of aromatic nitrogens is 1. The molecular formula is C12H12BrN3. The van der Waals surface area contributed by atoms with Gasteiger partial charge in [0.25, 0.3) is 0 Å². The monoisotopic (exact) mass is 277 g/mol. The molecule has 3 N–H and O–H groups in total. The van der Waals surface area contributed by atoms with E-state index in [0.29, 0.717) is 5.82 Å². The van der Waals surface area contributed by atoms with Gasteiger partial charge in [-0.05, 0) is 36.8 Å². The third-order valence-corrected chi connectivity index (χ3v) is 2.57. The summed E-state index contributed by atoms with van der Waals surface area (Å²) < 4.78 is 1.05. The highest BCUT2D eigenvalue weighted by Crippen LogP contribution is 2.22. The average molecular weight is 278 g/mol. The first-order valence-corrected chi connectivity index (χ1v) is 5.68. The standard InChI is InChI=1S/C12H12BrN3/c1-8-4-9(13)6-11(5-8)16-10-2-3-15-12(14)7-10/h2-7H,1H3,(H3,14,15,16). The molecule has 0 atom stereocenters. The first kappa shape index (κ1) is 11.0. The predicted molar refractivity (Wildman–Crippen MR) is 70.8 cm³/mol. The molecule has 0 aliphatic carbocycles. The lowest BCUT2D eigenvalue weighted by Crippen LogP contribution is -1.94. The molecule has 16 heavy (non-hydrogen) atoms. The Morgan fingerprint density at radius 2 is 2.00 bits per heavy atom. The number of nitrogen functional groups attached to an aromatic ring is 1. The van der Waals surface area contributed by atoms with Crippen molar-refractivity contribution in [3.05, 3.63) is 46.6 Å². The van der Waals surface area contributed by atoms with Gasteiger partial charge < -0.3 is 11.1 Å². The van der Waals surface area contributed by atoms with Gasteiger partial charge in [-0.3, -0.25) is 0 Å². The van der Waals surface area contributed by atoms with Crippen molar-refractivity contribution in [2.75, 3.05) is 11.1 Å². The van der Waals surface area contributed by atoms with Crippen LogP contribution in [0.15, 0.2) is 41.0 Å². The maximum absolute atomic E-state index is 5.61. The van der Waals surface area contributed by atoms with E-state index in [0.717, 1.165) is 15.8 Å². The minimum Gasteiger partial charge on any atom is -0.384 e. The second kappa shape index (κ2) is 4.53. The Labute approximate surface area is 103 Å². The second-order valence-corrected chi connectivity index (χ2v) is 4.53. The van der Waals surface area contributed by atoms with Gasteiger partial charge in [-0.2, -0.15) is 0 Å². The zero-order valence-corrected chi connectivity index (χ0v) is 10.5. The lowest BCUT2D eigenvalue weighted by molar-refractivity contribution is 1.33. The molecule has 0 bridgehead atoms. The van der Waals surface area contributed by atoms with Crippen LogP contribution in [0.4, 0.5) is 17.2 Å². The second-order valence-electron chi connectivity index (χ2n) is 3.61. The molecule has 1 heterocycles. The average Bonchev–Trinajstić information content (AvgIpc) is 2.15. The van der Waals surface area contributed by atoms with Gasteiger partial charge in [-0.15, -0.1) is 0 Å². The Morgan fingerprint density at radius 1 is 1.19 bits per heavy atom. The van der Waals surface area contributed by atoms with Crippen LogP contribution >= 0.6 is 15.9 Å². The first-order chi connectivity index (χ1) is 7.63. The van der Waals surface area contributed by atoms with Crippen molar-refractivity contribution in [3.63, 3.8) is 0 Å². The molecule has 0 aliphatic heterocycles. The van der Waals surface area contributed by atoms with Gasteiger partial charge in [0.05, 0.1) is 0 Å². The number of nitrogens with zero attached hydrogens (tertiary/aromatic N) is 1. The summed E-state index contributed by atoms with van der Waals surface area (Å²) in [5.41, 5.74) is 8.77. The van der Waals surface area contributed by atoms with E-state index >= 15 is 0 Å². The maximum Gasteiger partial charge on any atom is 0.125 e. The van der Waals surface area contributed by atoms with E-state index in [4.69, 9.17) is 5.73 Å². The number of aryl methyl sites for hydroxylation is 1. The quantitative estimate of drug-likeness (QED) is 0.884. The highest BCUT2D eigenvalue weighted by Gasteiger charge is 1.98. The molecule has 1 aromatic heterocycles. The lowest BCUT2D eigenvalue weighted by Gasteiger charge is -2.08. The van der Waals surface area contributed by atoms with Crippen LogP contribution in [-0.2, 0) is 0 Å². The molecule has 4 heteroatoms. The Hall–Kier alpha value is -1.55. The molecule has 82 valence electrons. The van der Waals surface area contributed by atoms with Crippen LogP contribution in [-0.4, -0.2) is 4.98 Å². The first-order valence-electron chi connectivity index (χ1n) is 4.89. The Morgan fingerprint density at radius 3 is 2.69 bits per heavy atom. The zero-order chi connectivity index (χ0) is 11.5. The molecule has 0 saturated carbocycles. The largest absolute Gasteiger partial charge is 0.384 e. The maximum atomic E-state index is 5.61. The van der Waals surface area contributed by atoms with Gasteiger partial charge in [0.15, 0.2) is 0 Å². The summed E-state index contributed by atoms with van der Waals surface area (Å²) in [5.74, 6) is 0.511. The zero-order valence-electron chi connectivity index (χ0n) is 8.87. The van der Waals surface area contributed by atoms with Gasteiger partial charge >= 0.3 is 0 Å². The molecule has 0 radical (unpaired) electrons. The molecule has 1 aromatic carbocycles. The van der Waals surface area contributed by atoms with E-state index in [1.807, 2.05) is 12.1 Å². The molecule has 0 saturated heterocycles. The molecule has 0 aliphatic rings. The van der Waals surface area contributed by atoms with Crippen LogP contribution in [0, 0.1) is 6.92 Å². The number of nitrogens with one attached hydrogen (secondary N) is 1. The van der Waals surface area contributed by atoms with E-state index in [1.165, 1.54) is 5.56 Å². The van der Waals surface area contributed by atoms with Crippen LogP contribution in [0.2, 0.25) is 0 Å². The summed E-state index contributed by atoms with van der Waals surface area (Å²) in [6, 6.07) is 9.83. The number of benzene rings is 1. The Bertz CT molecular complexity index is 491. The fraction of sp³-hybridized carbons (Fsp3) is 0.0833. The minimum atomic E-state index is 0.511. The normalized spacial score (nSPS) is 10.1. The van der Waals surface area contributed by atoms with E-state index < -0.39 is 0 Å². The van der Waals surface area contributed by atoms with Crippen molar-refractivity contribution in [1.82, 2.24) is 4.98 Å². The molecular weight excluding hydrogens is 266 g/mol. The van der Waals surface area contributed by atoms with Gasteiger partial charge in [-0.25, -0.2) is 4.98 Å². The highest BCUT2D eigenvalue weighted by molar-refractivity contribution is 9.10. The van der Waals surface area contributed by atoms with Crippen molar-refractivity contribution < 1.29 is 0 Å². The summed E-state index contributed by atoms with van der Waals surface area (Å²) in [6.45, 7) is 2.05. The van der Waals surface area contributed by atoms with Crippen molar-refractivity contribution in [2.45, 2.75) is 6.92 Å². The topological polar surface area (TPSA) is 50.9 Å². The Kier molecular flexibility index (Phi) is 3.10. The molecule has 0 spiro atoms. The van der Waals surface area contributed by atoms with Crippen LogP contribution in [0.5, 0.6) is 0 Å². The molecule has 0 unspecified atom stereocenters. The van der Waals surface area contributed by atoms with Gasteiger partial charge in [0, 0.05) is 28.1 Å². The number of rotatable bonds is 2. The van der Waals surface area contributed by atoms with Crippen LogP contribution in [0.1, 0.15) is 5.56 Å². The summed E-state index contributed by atoms with van der Waals surface area (Å²) >= 11 is 3.46. The van der Waals surface area contributed by atoms with E-state index in [9.17, 15) is 0 Å². The third-order valence-electron chi connectivity index (χ3n) is 2.11. The lowest BCUT2D eigenvalue weighted by atomic mass is 10.2. The van der Waals surface area contributed by atoms with Crippen molar-refractivity contribution >= 4 is 33.1 Å². The van der Waals surface area contributed by atoms with Gasteiger partial charge in [0.2, 0.25) is 0 Å². The fourth-order valence-corrected chi connectivity index (χ4v) is 2.11. The smallest absolute Gasteiger partial charge is 0.125 e. The van der Waals surface area contributed by atoms with Crippen LogP contribution in [0.25, 0.3) is 0 Å². The number of halogens is 1. The fourth-order valence-electron chi connectivity index (χ4n) is 1.50. The summed E-state index contributed by atoms with van der Waals surface area (Å²) in [6.07, 6.45) is 1.68. The SMILES string of the molecule is Cc1cc(Br)cc(Nc2ccnc(N)c2)c1. The number of nitrogens with two attached hydrogens (primary N) is 1. The summed E-state index contributed by atoms with van der Waals surface area (Å²) in [7, 11) is 0. The molecule has 2 rings (SSSR count). The summed E-state index contributed by atoms with van der Waals surface area (Å²) in [4.78, 5) is 3.95. The van der Waals surface area contributed by atoms with E-state index in [2.05, 4.69) is 45.3 Å². The van der Waals surface area contributed by atoms with Crippen LogP contribution < -0.4 is 11.1 Å². The third kappa shape index (κ3) is 2.73.